The predicted molar refractivity (Wildman–Crippen MR) is 87.5 cm³/mol. The molecule has 0 radical (unpaired) electrons. The second kappa shape index (κ2) is 6.97. The molecule has 2 aromatic carbocycles. The minimum atomic E-state index is 0.207. The van der Waals surface area contributed by atoms with E-state index in [4.69, 9.17) is 22.1 Å². The highest BCUT2D eigenvalue weighted by molar-refractivity contribution is 6.30. The third-order valence-electron chi connectivity index (χ3n) is 3.12. The van der Waals surface area contributed by atoms with Crippen molar-refractivity contribution in [1.29, 1.82) is 0 Å². The van der Waals surface area contributed by atoms with Crippen molar-refractivity contribution in [3.05, 3.63) is 64.7 Å². The maximum Gasteiger partial charge on any atom is 0.260 e. The maximum absolute atomic E-state index is 5.96. The molecule has 1 heterocycles. The van der Waals surface area contributed by atoms with Crippen molar-refractivity contribution >= 4 is 17.5 Å². The van der Waals surface area contributed by atoms with E-state index < -0.39 is 0 Å². The molecule has 1 aromatic heterocycles. The van der Waals surface area contributed by atoms with Gasteiger partial charge in [-0.15, -0.1) is 4.79 Å². The van der Waals surface area contributed by atoms with E-state index in [1.165, 1.54) is 4.79 Å². The quantitative estimate of drug-likeness (QED) is 0.720. The Labute approximate surface area is 138 Å². The van der Waals surface area contributed by atoms with Crippen molar-refractivity contribution in [3.63, 3.8) is 0 Å². The third kappa shape index (κ3) is 4.10. The first-order chi connectivity index (χ1) is 11.2. The first-order valence-electron chi connectivity index (χ1n) is 6.94. The summed E-state index contributed by atoms with van der Waals surface area (Å²) in [4.78, 5) is 1.32. The van der Waals surface area contributed by atoms with Crippen LogP contribution in [0.2, 0.25) is 5.02 Å². The highest BCUT2D eigenvalue weighted by atomic mass is 35.5. The zero-order valence-corrected chi connectivity index (χ0v) is 12.9. The zero-order chi connectivity index (χ0) is 16.1. The minimum Gasteiger partial charge on any atom is -0.489 e. The van der Waals surface area contributed by atoms with Gasteiger partial charge in [0.1, 0.15) is 12.4 Å². The molecule has 0 amide bonds. The molecule has 0 bridgehead atoms. The predicted octanol–water partition coefficient (Wildman–Crippen LogP) is 2.23. The van der Waals surface area contributed by atoms with Crippen LogP contribution >= 0.6 is 11.6 Å². The molecule has 23 heavy (non-hydrogen) atoms. The highest BCUT2D eigenvalue weighted by Crippen LogP contribution is 2.17. The SMILES string of the molecule is Nc1nnnn1NCc1cccc(OCc2cccc(Cl)c2)c1. The number of halogens is 1. The summed E-state index contributed by atoms with van der Waals surface area (Å²) < 4.78 is 5.79. The monoisotopic (exact) mass is 330 g/mol. The van der Waals surface area contributed by atoms with Crippen LogP contribution in [0.1, 0.15) is 11.1 Å². The number of hydrogen-bond acceptors (Lipinski definition) is 6. The van der Waals surface area contributed by atoms with Crippen LogP contribution in [0.4, 0.5) is 5.95 Å². The van der Waals surface area contributed by atoms with Gasteiger partial charge >= 0.3 is 0 Å². The van der Waals surface area contributed by atoms with Gasteiger partial charge in [-0.2, -0.15) is 0 Å². The standard InChI is InChI=1S/C15H15ClN6O/c16-13-5-1-4-12(7-13)10-23-14-6-2-3-11(8-14)9-18-22-15(17)19-20-21-22/h1-8,18H,9-10H2,(H2,17,19,21). The van der Waals surface area contributed by atoms with Crippen molar-refractivity contribution in [2.45, 2.75) is 13.2 Å². The van der Waals surface area contributed by atoms with Crippen LogP contribution in [-0.4, -0.2) is 20.3 Å². The molecule has 8 heteroatoms. The summed E-state index contributed by atoms with van der Waals surface area (Å²) in [7, 11) is 0. The second-order valence-electron chi connectivity index (χ2n) is 4.85. The van der Waals surface area contributed by atoms with E-state index in [0.29, 0.717) is 18.2 Å². The van der Waals surface area contributed by atoms with E-state index >= 15 is 0 Å². The summed E-state index contributed by atoms with van der Waals surface area (Å²) >= 11 is 5.96. The fourth-order valence-electron chi connectivity index (χ4n) is 2.01. The van der Waals surface area contributed by atoms with Crippen molar-refractivity contribution in [2.75, 3.05) is 11.2 Å². The number of benzene rings is 2. The molecule has 0 aliphatic carbocycles. The number of anilines is 1. The Morgan fingerprint density at radius 2 is 1.96 bits per heavy atom. The van der Waals surface area contributed by atoms with Gasteiger partial charge in [-0.25, -0.2) is 0 Å². The Bertz CT molecular complexity index is 791. The largest absolute Gasteiger partial charge is 0.489 e. The van der Waals surface area contributed by atoms with Crippen LogP contribution in [0, 0.1) is 0 Å². The lowest BCUT2D eigenvalue weighted by Crippen LogP contribution is -2.18. The summed E-state index contributed by atoms with van der Waals surface area (Å²) in [6.45, 7) is 0.973. The van der Waals surface area contributed by atoms with Crippen molar-refractivity contribution < 1.29 is 4.74 Å². The number of aromatic nitrogens is 4. The number of nitrogens with one attached hydrogen (secondary N) is 1. The van der Waals surface area contributed by atoms with Gasteiger partial charge in [0.2, 0.25) is 0 Å². The Kier molecular flexibility index (Phi) is 4.58. The smallest absolute Gasteiger partial charge is 0.260 e. The lowest BCUT2D eigenvalue weighted by Gasteiger charge is -2.09. The number of nitrogen functional groups attached to an aromatic ring is 1. The molecule has 3 aromatic rings. The summed E-state index contributed by atoms with van der Waals surface area (Å²) in [5.41, 5.74) is 10.6. The van der Waals surface area contributed by atoms with Crippen LogP contribution in [0.3, 0.4) is 0 Å². The summed E-state index contributed by atoms with van der Waals surface area (Å²) in [6, 6.07) is 15.3. The van der Waals surface area contributed by atoms with Crippen molar-refractivity contribution in [1.82, 2.24) is 20.3 Å². The fraction of sp³-hybridized carbons (Fsp3) is 0.133. The number of nitrogens with two attached hydrogens (primary N) is 1. The van der Waals surface area contributed by atoms with Gasteiger partial charge in [0, 0.05) is 5.02 Å². The number of ether oxygens (including phenoxy) is 1. The lowest BCUT2D eigenvalue weighted by molar-refractivity contribution is 0.306. The van der Waals surface area contributed by atoms with Gasteiger partial charge in [-0.1, -0.05) is 41.0 Å². The van der Waals surface area contributed by atoms with E-state index in [9.17, 15) is 0 Å². The minimum absolute atomic E-state index is 0.207. The Balaban J connectivity index is 1.60. The van der Waals surface area contributed by atoms with Crippen molar-refractivity contribution in [2.24, 2.45) is 0 Å². The van der Waals surface area contributed by atoms with Crippen LogP contribution in [-0.2, 0) is 13.2 Å². The molecule has 0 aliphatic heterocycles. The van der Waals surface area contributed by atoms with Crippen LogP contribution in [0.5, 0.6) is 5.75 Å². The normalized spacial score (nSPS) is 10.5. The fourth-order valence-corrected chi connectivity index (χ4v) is 2.22. The number of nitrogens with zero attached hydrogens (tertiary/aromatic N) is 4. The molecule has 0 atom stereocenters. The Morgan fingerprint density at radius 3 is 2.74 bits per heavy atom. The van der Waals surface area contributed by atoms with Gasteiger partial charge in [0.15, 0.2) is 0 Å². The van der Waals surface area contributed by atoms with E-state index in [-0.39, 0.29) is 5.95 Å². The molecule has 0 unspecified atom stereocenters. The first-order valence-corrected chi connectivity index (χ1v) is 7.32. The molecule has 118 valence electrons. The Hall–Kier alpha value is -2.80. The van der Waals surface area contributed by atoms with Crippen LogP contribution < -0.4 is 15.9 Å². The molecule has 0 aliphatic rings. The molecule has 0 saturated carbocycles. The molecule has 0 saturated heterocycles. The van der Waals surface area contributed by atoms with E-state index in [1.807, 2.05) is 48.5 Å². The molecular formula is C15H15ClN6O. The zero-order valence-electron chi connectivity index (χ0n) is 12.2. The third-order valence-corrected chi connectivity index (χ3v) is 3.35. The summed E-state index contributed by atoms with van der Waals surface area (Å²) in [5, 5.41) is 11.5. The molecule has 3 rings (SSSR count). The van der Waals surface area contributed by atoms with Crippen LogP contribution in [0.25, 0.3) is 0 Å². The highest BCUT2D eigenvalue weighted by Gasteiger charge is 2.02. The molecule has 0 fully saturated rings. The molecule has 3 N–H and O–H groups in total. The van der Waals surface area contributed by atoms with Gasteiger partial charge in [0.05, 0.1) is 6.54 Å². The van der Waals surface area contributed by atoms with E-state index in [1.54, 1.807) is 0 Å². The van der Waals surface area contributed by atoms with E-state index in [0.717, 1.165) is 16.9 Å². The summed E-state index contributed by atoms with van der Waals surface area (Å²) in [6.07, 6.45) is 0. The molecule has 7 nitrogen and oxygen atoms in total. The van der Waals surface area contributed by atoms with Gasteiger partial charge in [0.25, 0.3) is 5.95 Å². The van der Waals surface area contributed by atoms with Gasteiger partial charge in [-0.3, -0.25) is 0 Å². The van der Waals surface area contributed by atoms with Crippen molar-refractivity contribution in [3.8, 4) is 5.75 Å². The first kappa shape index (κ1) is 15.1. The average molecular weight is 331 g/mol. The molecule has 0 spiro atoms. The molecular weight excluding hydrogens is 316 g/mol. The van der Waals surface area contributed by atoms with Gasteiger partial charge in [-0.05, 0) is 45.8 Å². The number of tetrazole rings is 1. The number of rotatable bonds is 6. The second-order valence-corrected chi connectivity index (χ2v) is 5.29. The van der Waals surface area contributed by atoms with Gasteiger partial charge < -0.3 is 15.9 Å². The Morgan fingerprint density at radius 1 is 1.13 bits per heavy atom. The average Bonchev–Trinajstić information content (AvgIpc) is 2.97. The van der Waals surface area contributed by atoms with Crippen LogP contribution in [0.15, 0.2) is 48.5 Å². The lowest BCUT2D eigenvalue weighted by atomic mass is 10.2. The summed E-state index contributed by atoms with van der Waals surface area (Å²) in [5.74, 6) is 0.979. The van der Waals surface area contributed by atoms with E-state index in [2.05, 4.69) is 21.0 Å². The topological polar surface area (TPSA) is 90.9 Å². The maximum atomic E-state index is 5.96. The number of hydrogen-bond donors (Lipinski definition) is 2.